The van der Waals surface area contributed by atoms with Gasteiger partial charge in [0.1, 0.15) is 17.4 Å². The summed E-state index contributed by atoms with van der Waals surface area (Å²) in [6.07, 6.45) is 3.85. The predicted molar refractivity (Wildman–Crippen MR) is 128 cm³/mol. The van der Waals surface area contributed by atoms with Gasteiger partial charge in [0.25, 0.3) is 10.2 Å². The third kappa shape index (κ3) is 6.06. The monoisotopic (exact) mass is 490 g/mol. The van der Waals surface area contributed by atoms with E-state index >= 15 is 0 Å². The van der Waals surface area contributed by atoms with Gasteiger partial charge in [-0.1, -0.05) is 0 Å². The Morgan fingerprint density at radius 2 is 1.91 bits per heavy atom. The largest absolute Gasteiger partial charge is 0.461 e. The van der Waals surface area contributed by atoms with Gasteiger partial charge in [-0.25, -0.2) is 14.9 Å². The van der Waals surface area contributed by atoms with Crippen LogP contribution in [0, 0.1) is 6.92 Å². The fourth-order valence-corrected chi connectivity index (χ4v) is 4.73. The van der Waals surface area contributed by atoms with Crippen LogP contribution in [-0.4, -0.2) is 68.2 Å². The minimum atomic E-state index is -4.15. The molecule has 4 rings (SSSR count). The van der Waals surface area contributed by atoms with Crippen LogP contribution in [0.25, 0.3) is 11.0 Å². The van der Waals surface area contributed by atoms with Crippen molar-refractivity contribution >= 4 is 44.6 Å². The lowest BCUT2D eigenvalue weighted by atomic mass is 10.1. The van der Waals surface area contributed by atoms with Crippen LogP contribution < -0.4 is 15.2 Å². The Morgan fingerprint density at radius 3 is 2.65 bits per heavy atom. The molecule has 34 heavy (non-hydrogen) atoms. The maximum atomic E-state index is 13.2. The molecule has 0 spiro atoms. The number of fused-ring (bicyclic) bond motifs is 1. The maximum absolute atomic E-state index is 13.2. The minimum Gasteiger partial charge on any atom is -0.461 e. The SMILES string of the molecule is Cc1cc2cc(NC(=N[C@H]3CCCCN(CC(=O)N4CCCC4)C3=O)NS(N)(=O)=O)ccc2o1. The first kappa shape index (κ1) is 24.0. The van der Waals surface area contributed by atoms with E-state index < -0.39 is 16.3 Å². The highest BCUT2D eigenvalue weighted by molar-refractivity contribution is 7.87. The van der Waals surface area contributed by atoms with E-state index in [-0.39, 0.29) is 24.3 Å². The lowest BCUT2D eigenvalue weighted by molar-refractivity contribution is -0.140. The summed E-state index contributed by atoms with van der Waals surface area (Å²) < 4.78 is 31.3. The number of likely N-dealkylation sites (tertiary alicyclic amines) is 2. The highest BCUT2D eigenvalue weighted by Crippen LogP contribution is 2.23. The zero-order valence-electron chi connectivity index (χ0n) is 19.1. The Balaban J connectivity index is 1.55. The number of guanidine groups is 1. The van der Waals surface area contributed by atoms with Gasteiger partial charge in [-0.2, -0.15) is 8.42 Å². The van der Waals surface area contributed by atoms with Crippen molar-refractivity contribution in [1.29, 1.82) is 0 Å². The van der Waals surface area contributed by atoms with Crippen molar-refractivity contribution in [3.63, 3.8) is 0 Å². The fraction of sp³-hybridized carbons (Fsp3) is 0.500. The van der Waals surface area contributed by atoms with Crippen LogP contribution in [0.4, 0.5) is 5.69 Å². The zero-order chi connectivity index (χ0) is 24.3. The number of nitrogens with one attached hydrogen (secondary N) is 2. The normalized spacial score (nSPS) is 20.0. The number of anilines is 1. The molecule has 184 valence electrons. The molecule has 2 aromatic rings. The molecule has 2 amide bonds. The number of nitrogens with two attached hydrogens (primary N) is 1. The zero-order valence-corrected chi connectivity index (χ0v) is 19.9. The number of rotatable bonds is 5. The third-order valence-electron chi connectivity index (χ3n) is 5.96. The van der Waals surface area contributed by atoms with E-state index in [9.17, 15) is 18.0 Å². The van der Waals surface area contributed by atoms with E-state index in [0.29, 0.717) is 24.2 Å². The highest BCUT2D eigenvalue weighted by Gasteiger charge is 2.30. The fourth-order valence-electron chi connectivity index (χ4n) is 4.36. The first-order chi connectivity index (χ1) is 16.2. The minimum absolute atomic E-state index is 0.00669. The summed E-state index contributed by atoms with van der Waals surface area (Å²) in [6.45, 7) is 3.74. The number of nitrogens with zero attached hydrogens (tertiary/aromatic N) is 3. The Hall–Kier alpha value is -3.12. The average Bonchev–Trinajstić information content (AvgIpc) is 3.38. The average molecular weight is 491 g/mol. The second-order valence-electron chi connectivity index (χ2n) is 8.72. The highest BCUT2D eigenvalue weighted by atomic mass is 32.2. The number of amides is 2. The second kappa shape index (κ2) is 10.0. The third-order valence-corrected chi connectivity index (χ3v) is 6.44. The first-order valence-electron chi connectivity index (χ1n) is 11.4. The molecule has 4 N–H and O–H groups in total. The molecule has 2 aliphatic rings. The van der Waals surface area contributed by atoms with E-state index in [0.717, 1.165) is 49.9 Å². The van der Waals surface area contributed by atoms with Crippen molar-refractivity contribution in [1.82, 2.24) is 14.5 Å². The summed E-state index contributed by atoms with van der Waals surface area (Å²) in [5.41, 5.74) is 1.24. The number of furan rings is 1. The van der Waals surface area contributed by atoms with Gasteiger partial charge in [0, 0.05) is 30.7 Å². The van der Waals surface area contributed by atoms with Crippen molar-refractivity contribution in [2.45, 2.75) is 45.1 Å². The van der Waals surface area contributed by atoms with Gasteiger partial charge in [-0.15, -0.1) is 0 Å². The second-order valence-corrected chi connectivity index (χ2v) is 10.0. The van der Waals surface area contributed by atoms with Crippen molar-refractivity contribution < 1.29 is 22.4 Å². The number of hydrogen-bond acceptors (Lipinski definition) is 6. The molecule has 2 saturated heterocycles. The summed E-state index contributed by atoms with van der Waals surface area (Å²) in [4.78, 5) is 33.5. The molecule has 3 heterocycles. The standard InChI is InChI=1S/C22H30N6O5S/c1-15-12-16-13-17(7-8-19(16)33-15)24-22(26-34(23,31)32)25-18-6-2-3-11-28(21(18)30)14-20(29)27-9-4-5-10-27/h7-8,12-13,18H,2-6,9-11,14H2,1H3,(H2,23,31,32)(H2,24,25,26)/t18-/m0/s1. The van der Waals surface area contributed by atoms with Crippen LogP contribution >= 0.6 is 0 Å². The van der Waals surface area contributed by atoms with Crippen LogP contribution in [0.5, 0.6) is 0 Å². The van der Waals surface area contributed by atoms with Crippen molar-refractivity contribution in [2.75, 3.05) is 31.5 Å². The van der Waals surface area contributed by atoms with Gasteiger partial charge in [-0.3, -0.25) is 9.59 Å². The molecule has 1 aromatic heterocycles. The lowest BCUT2D eigenvalue weighted by Gasteiger charge is -2.25. The van der Waals surface area contributed by atoms with Gasteiger partial charge >= 0.3 is 0 Å². The summed E-state index contributed by atoms with van der Waals surface area (Å²) in [6, 6.07) is 6.26. The molecule has 12 heteroatoms. The Kier molecular flexibility index (Phi) is 7.08. The number of hydrogen-bond donors (Lipinski definition) is 3. The Morgan fingerprint density at radius 1 is 1.18 bits per heavy atom. The molecule has 2 aliphatic heterocycles. The molecule has 1 atom stereocenters. The molecule has 0 bridgehead atoms. The quantitative estimate of drug-likeness (QED) is 0.425. The van der Waals surface area contributed by atoms with Gasteiger partial charge in [-0.05, 0) is 63.3 Å². The molecule has 11 nitrogen and oxygen atoms in total. The van der Waals surface area contributed by atoms with E-state index in [1.54, 1.807) is 23.1 Å². The maximum Gasteiger partial charge on any atom is 0.298 e. The molecular weight excluding hydrogens is 460 g/mol. The predicted octanol–water partition coefficient (Wildman–Crippen LogP) is 1.31. The van der Waals surface area contributed by atoms with E-state index in [2.05, 4.69) is 15.0 Å². The van der Waals surface area contributed by atoms with Crippen molar-refractivity contribution in [2.24, 2.45) is 10.1 Å². The molecule has 0 unspecified atom stereocenters. The number of carbonyl (C=O) groups excluding carboxylic acids is 2. The summed E-state index contributed by atoms with van der Waals surface area (Å²) in [7, 11) is -4.15. The van der Waals surface area contributed by atoms with Gasteiger partial charge in [0.2, 0.25) is 17.8 Å². The van der Waals surface area contributed by atoms with Crippen molar-refractivity contribution in [3.8, 4) is 0 Å². The summed E-state index contributed by atoms with van der Waals surface area (Å²) >= 11 is 0. The smallest absolute Gasteiger partial charge is 0.298 e. The molecule has 0 aliphatic carbocycles. The molecule has 0 radical (unpaired) electrons. The van der Waals surface area contributed by atoms with E-state index in [1.165, 1.54) is 4.90 Å². The lowest BCUT2D eigenvalue weighted by Crippen LogP contribution is -2.46. The number of benzene rings is 1. The van der Waals surface area contributed by atoms with Gasteiger partial charge in [0.05, 0.1) is 6.54 Å². The first-order valence-corrected chi connectivity index (χ1v) is 12.9. The van der Waals surface area contributed by atoms with Crippen LogP contribution in [0.1, 0.15) is 37.9 Å². The van der Waals surface area contributed by atoms with Crippen LogP contribution in [0.3, 0.4) is 0 Å². The Bertz CT molecular complexity index is 1200. The topological polar surface area (TPSA) is 150 Å². The van der Waals surface area contributed by atoms with Crippen LogP contribution in [0.15, 0.2) is 33.7 Å². The molecule has 0 saturated carbocycles. The summed E-state index contributed by atoms with van der Waals surface area (Å²) in [5.74, 6) is 0.214. The molecule has 1 aromatic carbocycles. The van der Waals surface area contributed by atoms with E-state index in [4.69, 9.17) is 9.56 Å². The number of aryl methyl sites for hydroxylation is 1. The Labute approximate surface area is 198 Å². The number of carbonyl (C=O) groups is 2. The van der Waals surface area contributed by atoms with Crippen LogP contribution in [0.2, 0.25) is 0 Å². The number of aliphatic imine (C=N–C) groups is 1. The summed E-state index contributed by atoms with van der Waals surface area (Å²) in [5, 5.41) is 8.94. The molecular formula is C22H30N6O5S. The van der Waals surface area contributed by atoms with Gasteiger partial charge < -0.3 is 19.5 Å². The van der Waals surface area contributed by atoms with Gasteiger partial charge in [0.15, 0.2) is 0 Å². The molecule has 2 fully saturated rings. The van der Waals surface area contributed by atoms with Crippen molar-refractivity contribution in [3.05, 3.63) is 30.0 Å². The van der Waals surface area contributed by atoms with Crippen LogP contribution in [-0.2, 0) is 19.8 Å². The van der Waals surface area contributed by atoms with E-state index in [1.807, 2.05) is 13.0 Å².